The highest BCUT2D eigenvalue weighted by Crippen LogP contribution is 2.12. The molecule has 0 radical (unpaired) electrons. The fraction of sp³-hybridized carbons (Fsp3) is 0.286. The second kappa shape index (κ2) is 5.83. The maximum atomic E-state index is 11.9. The lowest BCUT2D eigenvalue weighted by atomic mass is 10.0. The Morgan fingerprint density at radius 3 is 2.78 bits per heavy atom. The van der Waals surface area contributed by atoms with E-state index >= 15 is 0 Å². The molecule has 0 amide bonds. The normalized spacial score (nSPS) is 10.6. The van der Waals surface area contributed by atoms with Crippen molar-refractivity contribution in [2.24, 2.45) is 0 Å². The third-order valence-electron chi connectivity index (χ3n) is 2.70. The zero-order valence-electron chi connectivity index (χ0n) is 10.3. The number of benzene rings is 1. The van der Waals surface area contributed by atoms with Crippen molar-refractivity contribution in [1.82, 2.24) is 9.78 Å². The topological polar surface area (TPSA) is 34.9 Å². The molecule has 0 aliphatic heterocycles. The summed E-state index contributed by atoms with van der Waals surface area (Å²) in [7, 11) is 0. The summed E-state index contributed by atoms with van der Waals surface area (Å²) < 4.78 is 1.82. The zero-order chi connectivity index (χ0) is 13.0. The van der Waals surface area contributed by atoms with Crippen molar-refractivity contribution in [1.29, 1.82) is 0 Å². The molecule has 0 saturated carbocycles. The van der Waals surface area contributed by atoms with E-state index < -0.39 is 0 Å². The lowest BCUT2D eigenvalue weighted by Crippen LogP contribution is -2.06. The Kier molecular flexibility index (Phi) is 4.15. The molecule has 2 rings (SSSR count). The van der Waals surface area contributed by atoms with Crippen LogP contribution in [0.1, 0.15) is 18.1 Å². The maximum Gasteiger partial charge on any atom is 0.141 e. The molecule has 0 unspecified atom stereocenters. The van der Waals surface area contributed by atoms with E-state index in [1.165, 1.54) is 0 Å². The van der Waals surface area contributed by atoms with Crippen LogP contribution in [0.3, 0.4) is 0 Å². The summed E-state index contributed by atoms with van der Waals surface area (Å²) in [6.45, 7) is 2.84. The van der Waals surface area contributed by atoms with Gasteiger partial charge in [0.2, 0.25) is 0 Å². The van der Waals surface area contributed by atoms with Gasteiger partial charge in [0.1, 0.15) is 5.78 Å². The average molecular weight is 263 g/mol. The molecule has 0 aliphatic carbocycles. The molecule has 1 aromatic heterocycles. The monoisotopic (exact) mass is 262 g/mol. The van der Waals surface area contributed by atoms with E-state index in [0.717, 1.165) is 17.7 Å². The van der Waals surface area contributed by atoms with Gasteiger partial charge in [0.15, 0.2) is 0 Å². The molecule has 4 heteroatoms. The third kappa shape index (κ3) is 3.44. The van der Waals surface area contributed by atoms with Crippen molar-refractivity contribution in [2.75, 3.05) is 0 Å². The number of nitrogens with zero attached hydrogens (tertiary/aromatic N) is 2. The molecule has 0 atom stereocenters. The molecule has 1 aromatic carbocycles. The molecule has 0 spiro atoms. The molecule has 0 N–H and O–H groups in total. The van der Waals surface area contributed by atoms with E-state index in [2.05, 4.69) is 5.10 Å². The van der Waals surface area contributed by atoms with Gasteiger partial charge in [-0.2, -0.15) is 5.10 Å². The second-order valence-corrected chi connectivity index (χ2v) is 4.66. The minimum atomic E-state index is 0.174. The van der Waals surface area contributed by atoms with Gasteiger partial charge in [0.25, 0.3) is 0 Å². The van der Waals surface area contributed by atoms with E-state index in [0.29, 0.717) is 17.9 Å². The van der Waals surface area contributed by atoms with Crippen LogP contribution in [-0.4, -0.2) is 15.6 Å². The molecule has 0 bridgehead atoms. The molecule has 3 nitrogen and oxygen atoms in total. The molecule has 0 saturated heterocycles. The predicted octanol–water partition coefficient (Wildman–Crippen LogP) is 2.91. The Balaban J connectivity index is 1.96. The SMILES string of the molecule is CCn1cc(CC(=O)Cc2cccc(Cl)c2)cn1. The fourth-order valence-corrected chi connectivity index (χ4v) is 2.05. The van der Waals surface area contributed by atoms with Crippen molar-refractivity contribution in [3.63, 3.8) is 0 Å². The molecule has 1 heterocycles. The number of carbonyl (C=O) groups excluding carboxylic acids is 1. The van der Waals surface area contributed by atoms with Gasteiger partial charge >= 0.3 is 0 Å². The summed E-state index contributed by atoms with van der Waals surface area (Å²) in [6, 6.07) is 7.41. The van der Waals surface area contributed by atoms with Crippen LogP contribution in [-0.2, 0) is 24.2 Å². The zero-order valence-corrected chi connectivity index (χ0v) is 11.0. The van der Waals surface area contributed by atoms with Crippen LogP contribution in [0.15, 0.2) is 36.7 Å². The fourth-order valence-electron chi connectivity index (χ4n) is 1.84. The minimum absolute atomic E-state index is 0.174. The smallest absolute Gasteiger partial charge is 0.141 e. The van der Waals surface area contributed by atoms with Crippen LogP contribution >= 0.6 is 11.6 Å². The van der Waals surface area contributed by atoms with E-state index in [4.69, 9.17) is 11.6 Å². The lowest BCUT2D eigenvalue weighted by Gasteiger charge is -2.00. The molecule has 0 aliphatic rings. The van der Waals surface area contributed by atoms with E-state index in [-0.39, 0.29) is 5.78 Å². The highest BCUT2D eigenvalue weighted by Gasteiger charge is 2.07. The molecule has 94 valence electrons. The van der Waals surface area contributed by atoms with Crippen LogP contribution in [0.4, 0.5) is 0 Å². The Bertz CT molecular complexity index is 548. The number of rotatable bonds is 5. The molecular formula is C14H15ClN2O. The first-order chi connectivity index (χ1) is 8.67. The second-order valence-electron chi connectivity index (χ2n) is 4.23. The molecule has 2 aromatic rings. The van der Waals surface area contributed by atoms with Gasteiger partial charge in [-0.25, -0.2) is 0 Å². The van der Waals surface area contributed by atoms with Gasteiger partial charge in [0.05, 0.1) is 6.20 Å². The number of halogens is 1. The number of carbonyl (C=O) groups is 1. The van der Waals surface area contributed by atoms with Crippen LogP contribution in [0.5, 0.6) is 0 Å². The van der Waals surface area contributed by atoms with Crippen molar-refractivity contribution in [3.05, 3.63) is 52.8 Å². The van der Waals surface area contributed by atoms with Crippen LogP contribution < -0.4 is 0 Å². The number of hydrogen-bond acceptors (Lipinski definition) is 2. The number of hydrogen-bond donors (Lipinski definition) is 0. The average Bonchev–Trinajstić information content (AvgIpc) is 2.76. The minimum Gasteiger partial charge on any atom is -0.299 e. The number of ketones is 1. The largest absolute Gasteiger partial charge is 0.299 e. The summed E-state index contributed by atoms with van der Waals surface area (Å²) in [5.74, 6) is 0.174. The highest BCUT2D eigenvalue weighted by atomic mass is 35.5. The van der Waals surface area contributed by atoms with Gasteiger partial charge in [0, 0.05) is 30.6 Å². The van der Waals surface area contributed by atoms with Gasteiger partial charge in [-0.15, -0.1) is 0 Å². The molecule has 18 heavy (non-hydrogen) atoms. The Morgan fingerprint density at radius 2 is 2.11 bits per heavy atom. The molecular weight excluding hydrogens is 248 g/mol. The number of aromatic nitrogens is 2. The maximum absolute atomic E-state index is 11.9. The summed E-state index contributed by atoms with van der Waals surface area (Å²) in [4.78, 5) is 11.9. The predicted molar refractivity (Wildman–Crippen MR) is 71.8 cm³/mol. The van der Waals surface area contributed by atoms with Crippen molar-refractivity contribution < 1.29 is 4.79 Å². The van der Waals surface area contributed by atoms with Gasteiger partial charge < -0.3 is 0 Å². The van der Waals surface area contributed by atoms with Crippen molar-refractivity contribution in [2.45, 2.75) is 26.3 Å². The highest BCUT2D eigenvalue weighted by molar-refractivity contribution is 6.30. The Labute approximate surface area is 111 Å². The summed E-state index contributed by atoms with van der Waals surface area (Å²) in [6.07, 6.45) is 4.50. The number of aryl methyl sites for hydroxylation is 1. The standard InChI is InChI=1S/C14H15ClN2O/c1-2-17-10-12(9-16-17)8-14(18)7-11-4-3-5-13(15)6-11/h3-6,9-10H,2,7-8H2,1H3. The Hall–Kier alpha value is -1.61. The van der Waals surface area contributed by atoms with Crippen LogP contribution in [0.2, 0.25) is 5.02 Å². The first-order valence-corrected chi connectivity index (χ1v) is 6.32. The lowest BCUT2D eigenvalue weighted by molar-refractivity contribution is -0.117. The van der Waals surface area contributed by atoms with E-state index in [1.54, 1.807) is 12.3 Å². The number of Topliss-reactive ketones (excluding diaryl/α,β-unsaturated/α-hetero) is 1. The van der Waals surface area contributed by atoms with Gasteiger partial charge in [-0.1, -0.05) is 23.7 Å². The Morgan fingerprint density at radius 1 is 1.33 bits per heavy atom. The quantitative estimate of drug-likeness (QED) is 0.830. The summed E-state index contributed by atoms with van der Waals surface area (Å²) >= 11 is 5.89. The summed E-state index contributed by atoms with van der Waals surface area (Å²) in [5.41, 5.74) is 1.92. The van der Waals surface area contributed by atoms with Crippen LogP contribution in [0.25, 0.3) is 0 Å². The van der Waals surface area contributed by atoms with Crippen LogP contribution in [0, 0.1) is 0 Å². The summed E-state index contributed by atoms with van der Waals surface area (Å²) in [5, 5.41) is 4.82. The van der Waals surface area contributed by atoms with Gasteiger partial charge in [-0.05, 0) is 30.2 Å². The molecule has 0 fully saturated rings. The first kappa shape index (κ1) is 12.8. The van der Waals surface area contributed by atoms with E-state index in [1.807, 2.05) is 36.0 Å². The van der Waals surface area contributed by atoms with Crippen molar-refractivity contribution in [3.8, 4) is 0 Å². The first-order valence-electron chi connectivity index (χ1n) is 5.95. The van der Waals surface area contributed by atoms with Crippen molar-refractivity contribution >= 4 is 17.4 Å². The van der Waals surface area contributed by atoms with E-state index in [9.17, 15) is 4.79 Å². The third-order valence-corrected chi connectivity index (χ3v) is 2.94. The van der Waals surface area contributed by atoms with Gasteiger partial charge in [-0.3, -0.25) is 9.48 Å².